The van der Waals surface area contributed by atoms with E-state index in [0.717, 1.165) is 29.6 Å². The molecule has 0 heterocycles. The van der Waals surface area contributed by atoms with E-state index in [-0.39, 0.29) is 18.3 Å². The molecule has 2 aromatic carbocycles. The molecule has 0 aromatic heterocycles. The van der Waals surface area contributed by atoms with E-state index in [1.54, 1.807) is 12.1 Å². The number of aromatic hydroxyl groups is 1. The molecule has 5 nitrogen and oxygen atoms in total. The lowest BCUT2D eigenvalue weighted by atomic mass is 10.1. The molecule has 2 N–H and O–H groups in total. The number of halogens is 2. The molecule has 0 radical (unpaired) electrons. The molecule has 0 saturated carbocycles. The first-order chi connectivity index (χ1) is 11.4. The minimum absolute atomic E-state index is 0.103. The van der Waals surface area contributed by atoms with E-state index in [1.165, 1.54) is 6.21 Å². The molecular weight excluding hydrogens is 534 g/mol. The average molecular weight is 550 g/mol. The molecule has 24 heavy (non-hydrogen) atoms. The number of rotatable bonds is 5. The molecule has 0 spiro atoms. The highest BCUT2D eigenvalue weighted by Gasteiger charge is 2.07. The maximum absolute atomic E-state index is 11.8. The number of nitrogens with zero attached hydrogens (tertiary/aromatic N) is 1. The smallest absolute Gasteiger partial charge is 0.277 e. The monoisotopic (exact) mass is 550 g/mol. The standard InChI is InChI=1S/C17H16I2N2O3/c1-10-4-3-5-11(2)17(10)24-9-15(22)21-20-8-12-6-13(18)16(23)14(19)7-12/h3-8,23H,9H2,1-2H3,(H,21,22)/b20-8-. The summed E-state index contributed by atoms with van der Waals surface area (Å²) in [4.78, 5) is 11.8. The number of phenolic OH excluding ortho intramolecular Hbond substituents is 1. The van der Waals surface area contributed by atoms with Crippen LogP contribution < -0.4 is 10.2 Å². The molecular formula is C17H16I2N2O3. The summed E-state index contributed by atoms with van der Waals surface area (Å²) in [5.41, 5.74) is 5.19. The second-order valence-electron chi connectivity index (χ2n) is 5.14. The molecule has 0 fully saturated rings. The van der Waals surface area contributed by atoms with Crippen molar-refractivity contribution in [3.8, 4) is 11.5 Å². The maximum Gasteiger partial charge on any atom is 0.277 e. The molecule has 0 atom stereocenters. The summed E-state index contributed by atoms with van der Waals surface area (Å²) >= 11 is 4.09. The summed E-state index contributed by atoms with van der Waals surface area (Å²) in [6.45, 7) is 3.77. The van der Waals surface area contributed by atoms with Crippen molar-refractivity contribution in [3.05, 3.63) is 54.2 Å². The van der Waals surface area contributed by atoms with Gasteiger partial charge in [0, 0.05) is 0 Å². The van der Waals surface area contributed by atoms with E-state index >= 15 is 0 Å². The Bertz CT molecular complexity index is 748. The number of carbonyl (C=O) groups excluding carboxylic acids is 1. The Hall–Kier alpha value is -1.36. The number of hydrogen-bond donors (Lipinski definition) is 2. The summed E-state index contributed by atoms with van der Waals surface area (Å²) in [6, 6.07) is 9.38. The van der Waals surface area contributed by atoms with Gasteiger partial charge in [-0.1, -0.05) is 18.2 Å². The van der Waals surface area contributed by atoms with Crippen LogP contribution in [-0.4, -0.2) is 23.8 Å². The van der Waals surface area contributed by atoms with Crippen molar-refractivity contribution >= 4 is 57.3 Å². The fourth-order valence-electron chi connectivity index (χ4n) is 2.04. The lowest BCUT2D eigenvalue weighted by Gasteiger charge is -2.10. The van der Waals surface area contributed by atoms with Crippen molar-refractivity contribution in [1.29, 1.82) is 0 Å². The normalized spacial score (nSPS) is 10.8. The van der Waals surface area contributed by atoms with Crippen LogP contribution in [0.2, 0.25) is 0 Å². The van der Waals surface area contributed by atoms with Crippen molar-refractivity contribution in [2.24, 2.45) is 5.10 Å². The van der Waals surface area contributed by atoms with Crippen molar-refractivity contribution in [2.45, 2.75) is 13.8 Å². The van der Waals surface area contributed by atoms with Gasteiger partial charge in [0.15, 0.2) is 6.61 Å². The Morgan fingerprint density at radius 1 is 1.25 bits per heavy atom. The number of nitrogens with one attached hydrogen (secondary N) is 1. The predicted octanol–water partition coefficient (Wildman–Crippen LogP) is 3.75. The summed E-state index contributed by atoms with van der Waals surface area (Å²) in [7, 11) is 0. The third-order valence-electron chi connectivity index (χ3n) is 3.20. The Morgan fingerprint density at radius 3 is 2.42 bits per heavy atom. The number of ether oxygens (including phenoxy) is 1. The fraction of sp³-hybridized carbons (Fsp3) is 0.176. The second-order valence-corrected chi connectivity index (χ2v) is 7.46. The van der Waals surface area contributed by atoms with Crippen LogP contribution in [0.25, 0.3) is 0 Å². The van der Waals surface area contributed by atoms with Gasteiger partial charge in [0.05, 0.1) is 13.4 Å². The zero-order chi connectivity index (χ0) is 17.7. The van der Waals surface area contributed by atoms with Gasteiger partial charge in [-0.2, -0.15) is 5.10 Å². The molecule has 0 unspecified atom stereocenters. The zero-order valence-electron chi connectivity index (χ0n) is 13.1. The number of phenols is 1. The highest BCUT2D eigenvalue weighted by atomic mass is 127. The minimum atomic E-state index is -0.336. The number of hydrogen-bond acceptors (Lipinski definition) is 4. The van der Waals surface area contributed by atoms with E-state index in [2.05, 4.69) is 10.5 Å². The predicted molar refractivity (Wildman–Crippen MR) is 111 cm³/mol. The summed E-state index contributed by atoms with van der Waals surface area (Å²) in [6.07, 6.45) is 1.53. The maximum atomic E-state index is 11.8. The summed E-state index contributed by atoms with van der Waals surface area (Å²) < 4.78 is 7.02. The van der Waals surface area contributed by atoms with Crippen molar-refractivity contribution in [1.82, 2.24) is 5.43 Å². The number of carbonyl (C=O) groups is 1. The third-order valence-corrected chi connectivity index (χ3v) is 4.84. The van der Waals surface area contributed by atoms with E-state index in [0.29, 0.717) is 0 Å². The van der Waals surface area contributed by atoms with Gasteiger partial charge in [-0.3, -0.25) is 4.79 Å². The second kappa shape index (κ2) is 8.65. The van der Waals surface area contributed by atoms with E-state index < -0.39 is 0 Å². The van der Waals surface area contributed by atoms with Crippen LogP contribution >= 0.6 is 45.2 Å². The SMILES string of the molecule is Cc1cccc(C)c1OCC(=O)N/N=C\c1cc(I)c(O)c(I)c1. The van der Waals surface area contributed by atoms with E-state index in [4.69, 9.17) is 4.74 Å². The van der Waals surface area contributed by atoms with E-state index in [1.807, 2.05) is 77.2 Å². The number of hydrazone groups is 1. The molecule has 0 aliphatic carbocycles. The Morgan fingerprint density at radius 2 is 1.83 bits per heavy atom. The first kappa shape index (κ1) is 19.0. The highest BCUT2D eigenvalue weighted by molar-refractivity contribution is 14.1. The Balaban J connectivity index is 1.91. The first-order valence-electron chi connectivity index (χ1n) is 7.07. The van der Waals surface area contributed by atoms with Crippen LogP contribution in [0.5, 0.6) is 11.5 Å². The third kappa shape index (κ3) is 5.07. The van der Waals surface area contributed by atoms with Crippen LogP contribution in [-0.2, 0) is 4.79 Å². The molecule has 1 amide bonds. The van der Waals surface area contributed by atoms with Gasteiger partial charge < -0.3 is 9.84 Å². The molecule has 0 aliphatic heterocycles. The van der Waals surface area contributed by atoms with Gasteiger partial charge in [-0.05, 0) is 87.9 Å². The Labute approximate surface area is 167 Å². The van der Waals surface area contributed by atoms with Gasteiger partial charge >= 0.3 is 0 Å². The van der Waals surface area contributed by atoms with Gasteiger partial charge in [-0.15, -0.1) is 0 Å². The van der Waals surface area contributed by atoms with Gasteiger partial charge in [0.2, 0.25) is 0 Å². The minimum Gasteiger partial charge on any atom is -0.506 e. The molecule has 2 aromatic rings. The number of aryl methyl sites for hydroxylation is 2. The number of amides is 1. The molecule has 2 rings (SSSR count). The molecule has 0 bridgehead atoms. The largest absolute Gasteiger partial charge is 0.506 e. The topological polar surface area (TPSA) is 70.9 Å². The molecule has 126 valence electrons. The van der Waals surface area contributed by atoms with Crippen molar-refractivity contribution < 1.29 is 14.6 Å². The first-order valence-corrected chi connectivity index (χ1v) is 9.23. The number of benzene rings is 2. The highest BCUT2D eigenvalue weighted by Crippen LogP contribution is 2.26. The quantitative estimate of drug-likeness (QED) is 0.339. The average Bonchev–Trinajstić information content (AvgIpc) is 2.52. The zero-order valence-corrected chi connectivity index (χ0v) is 17.5. The van der Waals surface area contributed by atoms with Crippen LogP contribution in [0.15, 0.2) is 35.4 Å². The molecule has 7 heteroatoms. The van der Waals surface area contributed by atoms with Gasteiger partial charge in [-0.25, -0.2) is 5.43 Å². The fourth-order valence-corrected chi connectivity index (χ4v) is 3.85. The number of para-hydroxylation sites is 1. The van der Waals surface area contributed by atoms with Crippen LogP contribution in [0, 0.1) is 21.0 Å². The summed E-state index contributed by atoms with van der Waals surface area (Å²) in [5.74, 6) is 0.635. The summed E-state index contributed by atoms with van der Waals surface area (Å²) in [5, 5.41) is 13.6. The molecule has 0 saturated heterocycles. The lowest BCUT2D eigenvalue weighted by Crippen LogP contribution is -2.25. The van der Waals surface area contributed by atoms with Crippen LogP contribution in [0.4, 0.5) is 0 Å². The van der Waals surface area contributed by atoms with Crippen LogP contribution in [0.1, 0.15) is 16.7 Å². The van der Waals surface area contributed by atoms with E-state index in [9.17, 15) is 9.90 Å². The van der Waals surface area contributed by atoms with Gasteiger partial charge in [0.25, 0.3) is 5.91 Å². The molecule has 0 aliphatic rings. The van der Waals surface area contributed by atoms with Crippen molar-refractivity contribution in [2.75, 3.05) is 6.61 Å². The lowest BCUT2D eigenvalue weighted by molar-refractivity contribution is -0.123. The Kier molecular flexibility index (Phi) is 6.84. The van der Waals surface area contributed by atoms with Crippen molar-refractivity contribution in [3.63, 3.8) is 0 Å². The van der Waals surface area contributed by atoms with Gasteiger partial charge in [0.1, 0.15) is 11.5 Å². The van der Waals surface area contributed by atoms with Crippen LogP contribution in [0.3, 0.4) is 0 Å².